The maximum Gasteiger partial charge on any atom is 0.191 e. The van der Waals surface area contributed by atoms with Crippen LogP contribution in [0.5, 0.6) is 0 Å². The van der Waals surface area contributed by atoms with E-state index in [2.05, 4.69) is 20.5 Å². The Morgan fingerprint density at radius 1 is 1.07 bits per heavy atom. The molecule has 29 heavy (non-hydrogen) atoms. The predicted molar refractivity (Wildman–Crippen MR) is 125 cm³/mol. The second-order valence-corrected chi connectivity index (χ2v) is 6.96. The van der Waals surface area contributed by atoms with Gasteiger partial charge in [0.2, 0.25) is 0 Å². The van der Waals surface area contributed by atoms with Gasteiger partial charge < -0.3 is 25.0 Å². The Labute approximate surface area is 190 Å². The molecule has 0 bridgehead atoms. The zero-order valence-electron chi connectivity index (χ0n) is 17.2. The Morgan fingerprint density at radius 3 is 2.41 bits per heavy atom. The first-order chi connectivity index (χ1) is 13.8. The molecule has 2 aliphatic rings. The van der Waals surface area contributed by atoms with Gasteiger partial charge in [0.1, 0.15) is 5.82 Å². The second-order valence-electron chi connectivity index (χ2n) is 6.96. The van der Waals surface area contributed by atoms with Crippen molar-refractivity contribution in [3.8, 4) is 0 Å². The first-order valence-corrected chi connectivity index (χ1v) is 10.2. The van der Waals surface area contributed by atoms with Gasteiger partial charge in [-0.15, -0.1) is 24.0 Å². The lowest BCUT2D eigenvalue weighted by Gasteiger charge is -2.29. The summed E-state index contributed by atoms with van der Waals surface area (Å²) < 4.78 is 25.2. The third-order valence-electron chi connectivity index (χ3n) is 4.95. The molecule has 0 spiro atoms. The Hall–Kier alpha value is -1.17. The summed E-state index contributed by atoms with van der Waals surface area (Å²) in [6.45, 7) is 11.3. The van der Waals surface area contributed by atoms with Crippen LogP contribution in [0.15, 0.2) is 23.2 Å². The number of morpholine rings is 2. The van der Waals surface area contributed by atoms with Crippen molar-refractivity contribution in [2.75, 3.05) is 77.1 Å². The van der Waals surface area contributed by atoms with Crippen molar-refractivity contribution in [2.45, 2.75) is 13.5 Å². The zero-order valence-corrected chi connectivity index (χ0v) is 19.5. The fraction of sp³-hybridized carbons (Fsp3) is 0.650. The zero-order chi connectivity index (χ0) is 19.6. The normalized spacial score (nSPS) is 18.3. The van der Waals surface area contributed by atoms with E-state index < -0.39 is 0 Å². The number of aliphatic imine (C=N–C) groups is 1. The van der Waals surface area contributed by atoms with E-state index in [-0.39, 0.29) is 29.8 Å². The lowest BCUT2D eigenvalue weighted by molar-refractivity contribution is 0.0389. The molecule has 0 atom stereocenters. The molecule has 0 radical (unpaired) electrons. The third-order valence-corrected chi connectivity index (χ3v) is 4.95. The maximum atomic E-state index is 14.5. The van der Waals surface area contributed by atoms with Crippen molar-refractivity contribution >= 4 is 35.6 Å². The summed E-state index contributed by atoms with van der Waals surface area (Å²) in [7, 11) is 0. The van der Waals surface area contributed by atoms with Gasteiger partial charge in [0.15, 0.2) is 5.96 Å². The lowest BCUT2D eigenvalue weighted by atomic mass is 10.1. The van der Waals surface area contributed by atoms with Gasteiger partial charge in [-0.25, -0.2) is 9.38 Å². The van der Waals surface area contributed by atoms with E-state index in [1.807, 2.05) is 24.0 Å². The van der Waals surface area contributed by atoms with Crippen LogP contribution in [-0.4, -0.2) is 83.1 Å². The van der Waals surface area contributed by atoms with E-state index in [4.69, 9.17) is 9.47 Å². The van der Waals surface area contributed by atoms with Gasteiger partial charge in [-0.2, -0.15) is 0 Å². The molecule has 2 N–H and O–H groups in total. The Kier molecular flexibility index (Phi) is 11.0. The van der Waals surface area contributed by atoms with Gasteiger partial charge in [-0.1, -0.05) is 6.07 Å². The van der Waals surface area contributed by atoms with Crippen molar-refractivity contribution < 1.29 is 13.9 Å². The molecule has 9 heteroatoms. The molecule has 2 fully saturated rings. The highest BCUT2D eigenvalue weighted by atomic mass is 127. The van der Waals surface area contributed by atoms with E-state index in [0.717, 1.165) is 70.6 Å². The average Bonchev–Trinajstić information content (AvgIpc) is 2.73. The first kappa shape index (κ1) is 24.1. The van der Waals surface area contributed by atoms with Gasteiger partial charge in [0.25, 0.3) is 0 Å². The number of guanidine groups is 1. The van der Waals surface area contributed by atoms with Crippen LogP contribution >= 0.6 is 24.0 Å². The molecule has 0 aliphatic carbocycles. The highest BCUT2D eigenvalue weighted by Gasteiger charge is 2.15. The molecule has 2 saturated heterocycles. The molecule has 0 amide bonds. The molecule has 0 aromatic heterocycles. The molecule has 2 aliphatic heterocycles. The van der Waals surface area contributed by atoms with Crippen molar-refractivity contribution in [3.63, 3.8) is 0 Å². The molecule has 1 aromatic carbocycles. The minimum Gasteiger partial charge on any atom is -0.379 e. The van der Waals surface area contributed by atoms with Crippen LogP contribution < -0.4 is 15.5 Å². The van der Waals surface area contributed by atoms with Crippen LogP contribution in [0.3, 0.4) is 0 Å². The van der Waals surface area contributed by atoms with Crippen LogP contribution in [0.25, 0.3) is 0 Å². The number of hydrogen-bond donors (Lipinski definition) is 2. The highest BCUT2D eigenvalue weighted by Crippen LogP contribution is 2.21. The summed E-state index contributed by atoms with van der Waals surface area (Å²) >= 11 is 0. The minimum absolute atomic E-state index is 0. The fourth-order valence-corrected chi connectivity index (χ4v) is 3.38. The van der Waals surface area contributed by atoms with Crippen molar-refractivity contribution in [3.05, 3.63) is 29.6 Å². The van der Waals surface area contributed by atoms with E-state index in [1.54, 1.807) is 6.07 Å². The van der Waals surface area contributed by atoms with E-state index in [1.165, 1.54) is 0 Å². The molecule has 1 aromatic rings. The van der Waals surface area contributed by atoms with Gasteiger partial charge in [0, 0.05) is 45.8 Å². The number of anilines is 1. The van der Waals surface area contributed by atoms with Gasteiger partial charge in [0.05, 0.1) is 38.7 Å². The standard InChI is InChI=1S/C20H32FN5O2.HI/c1-2-22-20(23-5-6-25-7-11-27-12-8-25)24-16-17-3-4-19(18(21)15-17)26-9-13-28-14-10-26;/h3-4,15H,2,5-14,16H2,1H3,(H2,22,23,24);1H. The Morgan fingerprint density at radius 2 is 1.76 bits per heavy atom. The van der Waals surface area contributed by atoms with Gasteiger partial charge in [-0.05, 0) is 24.6 Å². The smallest absolute Gasteiger partial charge is 0.191 e. The molecule has 7 nitrogen and oxygen atoms in total. The number of halogens is 2. The second kappa shape index (κ2) is 13.2. The maximum absolute atomic E-state index is 14.5. The number of nitrogens with one attached hydrogen (secondary N) is 2. The molecular weight excluding hydrogens is 488 g/mol. The first-order valence-electron chi connectivity index (χ1n) is 10.2. The monoisotopic (exact) mass is 521 g/mol. The van der Waals surface area contributed by atoms with Gasteiger partial charge >= 0.3 is 0 Å². The fourth-order valence-electron chi connectivity index (χ4n) is 3.38. The largest absolute Gasteiger partial charge is 0.379 e. The number of ether oxygens (including phenoxy) is 2. The van der Waals surface area contributed by atoms with Crippen molar-refractivity contribution in [2.24, 2.45) is 4.99 Å². The summed E-state index contributed by atoms with van der Waals surface area (Å²) in [5, 5.41) is 6.60. The number of benzene rings is 1. The third kappa shape index (κ3) is 7.88. The SMILES string of the molecule is CCNC(=NCc1ccc(N2CCOCC2)c(F)c1)NCCN1CCOCC1.I. The molecule has 3 rings (SSSR count). The predicted octanol–water partition coefficient (Wildman–Crippen LogP) is 1.67. The summed E-state index contributed by atoms with van der Waals surface area (Å²) in [4.78, 5) is 9.01. The van der Waals surface area contributed by atoms with Crippen molar-refractivity contribution in [1.82, 2.24) is 15.5 Å². The Balaban J connectivity index is 0.00000300. The Bertz CT molecular complexity index is 637. The van der Waals surface area contributed by atoms with Crippen LogP contribution in [-0.2, 0) is 16.0 Å². The van der Waals surface area contributed by atoms with E-state index >= 15 is 0 Å². The van der Waals surface area contributed by atoms with Crippen LogP contribution in [0, 0.1) is 5.82 Å². The summed E-state index contributed by atoms with van der Waals surface area (Å²) in [6, 6.07) is 5.39. The van der Waals surface area contributed by atoms with Crippen LogP contribution in [0.4, 0.5) is 10.1 Å². The van der Waals surface area contributed by atoms with Crippen LogP contribution in [0.1, 0.15) is 12.5 Å². The number of hydrogen-bond acceptors (Lipinski definition) is 5. The molecule has 2 heterocycles. The summed E-state index contributed by atoms with van der Waals surface area (Å²) in [5.41, 5.74) is 1.51. The van der Waals surface area contributed by atoms with Gasteiger partial charge in [-0.3, -0.25) is 4.90 Å². The quantitative estimate of drug-likeness (QED) is 0.324. The minimum atomic E-state index is -0.195. The number of nitrogens with zero attached hydrogens (tertiary/aromatic N) is 3. The van der Waals surface area contributed by atoms with E-state index in [9.17, 15) is 4.39 Å². The van der Waals surface area contributed by atoms with Crippen molar-refractivity contribution in [1.29, 1.82) is 0 Å². The molecular formula is C20H33FIN5O2. The summed E-state index contributed by atoms with van der Waals surface area (Å²) in [6.07, 6.45) is 0. The topological polar surface area (TPSA) is 61.4 Å². The lowest BCUT2D eigenvalue weighted by Crippen LogP contribution is -2.44. The molecule has 0 saturated carbocycles. The summed E-state index contributed by atoms with van der Waals surface area (Å²) in [5.74, 6) is 0.563. The number of rotatable bonds is 7. The highest BCUT2D eigenvalue weighted by molar-refractivity contribution is 14.0. The van der Waals surface area contributed by atoms with E-state index in [0.29, 0.717) is 25.4 Å². The average molecular weight is 521 g/mol. The van der Waals surface area contributed by atoms with Crippen LogP contribution in [0.2, 0.25) is 0 Å². The molecule has 164 valence electrons. The molecule has 0 unspecified atom stereocenters.